The Morgan fingerprint density at radius 3 is 2.76 bits per heavy atom. The number of nitrogens with two attached hydrogens (primary N) is 1. The Bertz CT molecular complexity index is 421. The Balaban J connectivity index is 2.40. The van der Waals surface area contributed by atoms with E-state index in [-0.39, 0.29) is 12.6 Å². The van der Waals surface area contributed by atoms with Crippen LogP contribution in [0.4, 0.5) is 11.6 Å². The second-order valence-electron chi connectivity index (χ2n) is 4.81. The van der Waals surface area contributed by atoms with Gasteiger partial charge in [0.15, 0.2) is 0 Å². The van der Waals surface area contributed by atoms with Gasteiger partial charge in [0.25, 0.3) is 0 Å². The van der Waals surface area contributed by atoms with Crippen LogP contribution in [0.5, 0.6) is 0 Å². The normalized spacial score (nSPS) is 24.4. The highest BCUT2D eigenvalue weighted by Crippen LogP contribution is 2.31. The molecule has 2 unspecified atom stereocenters. The van der Waals surface area contributed by atoms with Crippen molar-refractivity contribution in [3.63, 3.8) is 0 Å². The first kappa shape index (κ1) is 12.1. The fourth-order valence-corrected chi connectivity index (χ4v) is 2.46. The molecule has 0 aliphatic carbocycles. The lowest BCUT2D eigenvalue weighted by Gasteiger charge is -2.28. The standard InChI is InChI=1S/C12H20N4O/c1-7-4-5-16(10(7)6-17)12-8(2)11(13)14-9(3)15-12/h7,10,17H,4-6H2,1-3H3,(H2,13,14,15). The molecule has 17 heavy (non-hydrogen) atoms. The topological polar surface area (TPSA) is 75.3 Å². The summed E-state index contributed by atoms with van der Waals surface area (Å²) in [7, 11) is 0. The Labute approximate surface area is 102 Å². The zero-order valence-corrected chi connectivity index (χ0v) is 10.6. The molecule has 0 saturated carbocycles. The van der Waals surface area contributed by atoms with E-state index in [0.29, 0.717) is 17.6 Å². The van der Waals surface area contributed by atoms with Crippen LogP contribution in [0.2, 0.25) is 0 Å². The molecule has 0 aromatic carbocycles. The monoisotopic (exact) mass is 236 g/mol. The lowest BCUT2D eigenvalue weighted by molar-refractivity contribution is 0.244. The summed E-state index contributed by atoms with van der Waals surface area (Å²) in [5.41, 5.74) is 6.78. The first-order valence-electron chi connectivity index (χ1n) is 6.02. The van der Waals surface area contributed by atoms with Crippen LogP contribution in [0.25, 0.3) is 0 Å². The Hall–Kier alpha value is -1.36. The second kappa shape index (κ2) is 4.49. The van der Waals surface area contributed by atoms with Crippen LogP contribution in [-0.4, -0.2) is 34.3 Å². The van der Waals surface area contributed by atoms with Crippen molar-refractivity contribution in [3.05, 3.63) is 11.4 Å². The molecular formula is C12H20N4O. The summed E-state index contributed by atoms with van der Waals surface area (Å²) in [6, 6.07) is 0.141. The number of anilines is 2. The van der Waals surface area contributed by atoms with Gasteiger partial charge >= 0.3 is 0 Å². The van der Waals surface area contributed by atoms with Gasteiger partial charge in [-0.25, -0.2) is 9.97 Å². The summed E-state index contributed by atoms with van der Waals surface area (Å²) in [5.74, 6) is 2.57. The van der Waals surface area contributed by atoms with Crippen molar-refractivity contribution in [2.24, 2.45) is 5.92 Å². The zero-order chi connectivity index (χ0) is 12.6. The minimum absolute atomic E-state index is 0.141. The van der Waals surface area contributed by atoms with Crippen LogP contribution in [0.1, 0.15) is 24.7 Å². The van der Waals surface area contributed by atoms with Crippen LogP contribution in [-0.2, 0) is 0 Å². The molecule has 1 aliphatic heterocycles. The molecule has 2 atom stereocenters. The Kier molecular flexibility index (Phi) is 3.19. The van der Waals surface area contributed by atoms with Gasteiger partial charge in [0, 0.05) is 12.1 Å². The molecule has 94 valence electrons. The van der Waals surface area contributed by atoms with E-state index in [9.17, 15) is 5.11 Å². The number of nitrogen functional groups attached to an aromatic ring is 1. The Morgan fingerprint density at radius 2 is 2.12 bits per heavy atom. The molecule has 1 fully saturated rings. The fourth-order valence-electron chi connectivity index (χ4n) is 2.46. The van der Waals surface area contributed by atoms with Crippen molar-refractivity contribution in [3.8, 4) is 0 Å². The van der Waals surface area contributed by atoms with E-state index >= 15 is 0 Å². The van der Waals surface area contributed by atoms with Gasteiger partial charge in [-0.05, 0) is 26.2 Å². The minimum atomic E-state index is 0.141. The van der Waals surface area contributed by atoms with Crippen LogP contribution < -0.4 is 10.6 Å². The minimum Gasteiger partial charge on any atom is -0.394 e. The van der Waals surface area contributed by atoms with E-state index in [0.717, 1.165) is 24.3 Å². The first-order chi connectivity index (χ1) is 8.04. The molecule has 0 amide bonds. The third-order valence-electron chi connectivity index (χ3n) is 3.61. The molecule has 1 aromatic heterocycles. The van der Waals surface area contributed by atoms with Gasteiger partial charge in [-0.3, -0.25) is 0 Å². The predicted octanol–water partition coefficient (Wildman–Crippen LogP) is 0.883. The van der Waals surface area contributed by atoms with Crippen LogP contribution in [0, 0.1) is 19.8 Å². The van der Waals surface area contributed by atoms with Gasteiger partial charge in [-0.1, -0.05) is 6.92 Å². The molecule has 2 rings (SSSR count). The summed E-state index contributed by atoms with van der Waals surface area (Å²) in [6.45, 7) is 7.01. The van der Waals surface area contributed by atoms with Crippen molar-refractivity contribution >= 4 is 11.6 Å². The molecule has 5 heteroatoms. The number of aryl methyl sites for hydroxylation is 1. The molecule has 2 heterocycles. The third-order valence-corrected chi connectivity index (χ3v) is 3.61. The molecule has 1 aromatic rings. The second-order valence-corrected chi connectivity index (χ2v) is 4.81. The number of hydrogen-bond donors (Lipinski definition) is 2. The molecular weight excluding hydrogens is 216 g/mol. The SMILES string of the molecule is Cc1nc(N)c(C)c(N2CCC(C)C2CO)n1. The lowest BCUT2D eigenvalue weighted by atomic mass is 10.0. The van der Waals surface area contributed by atoms with E-state index in [1.54, 1.807) is 0 Å². The predicted molar refractivity (Wildman–Crippen MR) is 67.9 cm³/mol. The quantitative estimate of drug-likeness (QED) is 0.797. The van der Waals surface area contributed by atoms with Crippen molar-refractivity contribution in [1.29, 1.82) is 0 Å². The summed E-state index contributed by atoms with van der Waals surface area (Å²) in [5, 5.41) is 9.48. The van der Waals surface area contributed by atoms with Crippen molar-refractivity contribution in [2.75, 3.05) is 23.8 Å². The van der Waals surface area contributed by atoms with Gasteiger partial charge in [-0.15, -0.1) is 0 Å². The third kappa shape index (κ3) is 2.07. The summed E-state index contributed by atoms with van der Waals surface area (Å²) in [4.78, 5) is 10.8. The Morgan fingerprint density at radius 1 is 1.41 bits per heavy atom. The summed E-state index contributed by atoms with van der Waals surface area (Å²) < 4.78 is 0. The van der Waals surface area contributed by atoms with Crippen LogP contribution in [0.3, 0.4) is 0 Å². The van der Waals surface area contributed by atoms with Crippen LogP contribution in [0.15, 0.2) is 0 Å². The van der Waals surface area contributed by atoms with Gasteiger partial charge in [-0.2, -0.15) is 0 Å². The zero-order valence-electron chi connectivity index (χ0n) is 10.6. The molecule has 0 radical (unpaired) electrons. The van der Waals surface area contributed by atoms with Crippen molar-refractivity contribution in [2.45, 2.75) is 33.2 Å². The number of nitrogens with zero attached hydrogens (tertiary/aromatic N) is 3. The maximum atomic E-state index is 9.48. The molecule has 0 spiro atoms. The summed E-state index contributed by atoms with van der Waals surface area (Å²) >= 11 is 0. The first-order valence-corrected chi connectivity index (χ1v) is 6.02. The van der Waals surface area contributed by atoms with E-state index in [4.69, 9.17) is 5.73 Å². The number of rotatable bonds is 2. The number of hydrogen-bond acceptors (Lipinski definition) is 5. The maximum absolute atomic E-state index is 9.48. The van der Waals surface area contributed by atoms with Gasteiger partial charge < -0.3 is 15.7 Å². The van der Waals surface area contributed by atoms with Gasteiger partial charge in [0.1, 0.15) is 17.5 Å². The lowest BCUT2D eigenvalue weighted by Crippen LogP contribution is -2.36. The van der Waals surface area contributed by atoms with Crippen molar-refractivity contribution in [1.82, 2.24) is 9.97 Å². The number of aromatic nitrogens is 2. The number of aliphatic hydroxyl groups is 1. The average Bonchev–Trinajstić information content (AvgIpc) is 2.64. The van der Waals surface area contributed by atoms with E-state index in [1.807, 2.05) is 13.8 Å². The molecule has 3 N–H and O–H groups in total. The number of aliphatic hydroxyl groups excluding tert-OH is 1. The smallest absolute Gasteiger partial charge is 0.137 e. The average molecular weight is 236 g/mol. The highest BCUT2D eigenvalue weighted by molar-refractivity contribution is 5.57. The molecule has 0 bridgehead atoms. The van der Waals surface area contributed by atoms with E-state index in [1.165, 1.54) is 0 Å². The summed E-state index contributed by atoms with van der Waals surface area (Å²) in [6.07, 6.45) is 1.08. The van der Waals surface area contributed by atoms with Crippen molar-refractivity contribution < 1.29 is 5.11 Å². The highest BCUT2D eigenvalue weighted by Gasteiger charge is 2.32. The highest BCUT2D eigenvalue weighted by atomic mass is 16.3. The van der Waals surface area contributed by atoms with Crippen LogP contribution >= 0.6 is 0 Å². The van der Waals surface area contributed by atoms with E-state index < -0.39 is 0 Å². The maximum Gasteiger partial charge on any atom is 0.137 e. The fraction of sp³-hybridized carbons (Fsp3) is 0.667. The molecule has 1 aliphatic rings. The van der Waals surface area contributed by atoms with Gasteiger partial charge in [0.05, 0.1) is 12.6 Å². The molecule has 5 nitrogen and oxygen atoms in total. The molecule has 1 saturated heterocycles. The largest absolute Gasteiger partial charge is 0.394 e. The van der Waals surface area contributed by atoms with E-state index in [2.05, 4.69) is 21.8 Å². The van der Waals surface area contributed by atoms with Gasteiger partial charge in [0.2, 0.25) is 0 Å².